The van der Waals surface area contributed by atoms with Crippen molar-refractivity contribution in [1.82, 2.24) is 19.7 Å². The lowest BCUT2D eigenvalue weighted by molar-refractivity contribution is -0.116. The molecule has 0 fully saturated rings. The number of fused-ring (bicyclic) bond motifs is 1. The topological polar surface area (TPSA) is 107 Å². The molecule has 44 heavy (non-hydrogen) atoms. The second-order valence-electron chi connectivity index (χ2n) is 12.5. The Bertz CT molecular complexity index is 1160. The van der Waals surface area contributed by atoms with Crippen molar-refractivity contribution in [1.29, 1.82) is 0 Å². The van der Waals surface area contributed by atoms with E-state index >= 15 is 0 Å². The lowest BCUT2D eigenvalue weighted by Crippen LogP contribution is -2.47. The van der Waals surface area contributed by atoms with Gasteiger partial charge in [-0.15, -0.1) is 0 Å². The van der Waals surface area contributed by atoms with Crippen LogP contribution in [0.15, 0.2) is 42.7 Å². The predicted molar refractivity (Wildman–Crippen MR) is 174 cm³/mol. The third-order valence-corrected chi connectivity index (χ3v) is 8.04. The van der Waals surface area contributed by atoms with Crippen LogP contribution in [0.3, 0.4) is 0 Å². The lowest BCUT2D eigenvalue weighted by Gasteiger charge is -2.36. The van der Waals surface area contributed by atoms with Crippen LogP contribution in [-0.4, -0.2) is 109 Å². The van der Waals surface area contributed by atoms with Gasteiger partial charge in [0.05, 0.1) is 30.4 Å². The molecular formula is C34H53N5O5. The quantitative estimate of drug-likeness (QED) is 0.388. The van der Waals surface area contributed by atoms with Crippen LogP contribution in [0.2, 0.25) is 0 Å². The molecule has 1 aliphatic rings. The molecule has 1 aromatic heterocycles. The van der Waals surface area contributed by atoms with Gasteiger partial charge in [0.1, 0.15) is 5.75 Å². The summed E-state index contributed by atoms with van der Waals surface area (Å²) in [4.78, 5) is 37.1. The highest BCUT2D eigenvalue weighted by atomic mass is 16.5. The zero-order valence-electron chi connectivity index (χ0n) is 27.5. The van der Waals surface area contributed by atoms with E-state index in [4.69, 9.17) is 9.47 Å². The fraction of sp³-hybridized carbons (Fsp3) is 0.618. The second kappa shape index (κ2) is 18.0. The third kappa shape index (κ3) is 11.5. The van der Waals surface area contributed by atoms with Crippen LogP contribution in [0.1, 0.15) is 68.8 Å². The number of amides is 2. The predicted octanol–water partition coefficient (Wildman–Crippen LogP) is 4.29. The molecule has 0 saturated carbocycles. The van der Waals surface area contributed by atoms with E-state index in [0.29, 0.717) is 43.1 Å². The van der Waals surface area contributed by atoms with Gasteiger partial charge in [-0.05, 0) is 103 Å². The first-order valence-corrected chi connectivity index (χ1v) is 15.9. The number of nitrogens with zero attached hydrogens (tertiary/aromatic N) is 4. The first-order valence-electron chi connectivity index (χ1n) is 15.9. The Balaban J connectivity index is 1.87. The summed E-state index contributed by atoms with van der Waals surface area (Å²) in [6.07, 6.45) is 7.16. The first kappa shape index (κ1) is 35.4. The summed E-state index contributed by atoms with van der Waals surface area (Å²) < 4.78 is 12.8. The number of likely N-dealkylation sites (N-methyl/N-ethyl adjacent to an activating group) is 1. The van der Waals surface area contributed by atoms with Gasteiger partial charge in [-0.3, -0.25) is 19.5 Å². The molecule has 3 rings (SSSR count). The maximum atomic E-state index is 14.3. The van der Waals surface area contributed by atoms with Crippen molar-refractivity contribution in [3.8, 4) is 5.75 Å². The Morgan fingerprint density at radius 2 is 1.91 bits per heavy atom. The number of carbonyl (C=O) groups is 2. The lowest BCUT2D eigenvalue weighted by atomic mass is 10.0. The standard InChI is InChI=1S/C34H53N5O5/c1-25-21-39(26(2)24-40)34(42)30-20-29(36-33(41)11-9-18-37(4)5)12-13-31(30)44-27(3)10-7-8-19-43-32(25)23-38(6)22-28-14-16-35-17-15-28/h12-17,20,25-27,32,40H,7-11,18-19,21-24H2,1-6H3,(H,36,41)/t25-,26-,27-,32+/m0/s1. The van der Waals surface area contributed by atoms with Gasteiger partial charge in [-0.25, -0.2) is 0 Å². The highest BCUT2D eigenvalue weighted by molar-refractivity contribution is 5.99. The molecule has 0 unspecified atom stereocenters. The maximum Gasteiger partial charge on any atom is 0.258 e. The van der Waals surface area contributed by atoms with Gasteiger partial charge in [0.15, 0.2) is 0 Å². The fourth-order valence-corrected chi connectivity index (χ4v) is 5.41. The number of pyridine rings is 1. The van der Waals surface area contributed by atoms with Crippen LogP contribution in [0.25, 0.3) is 0 Å². The Labute approximate surface area is 263 Å². The normalized spacial score (nSPS) is 21.0. The summed E-state index contributed by atoms with van der Waals surface area (Å²) in [5.74, 6) is 0.126. The molecule has 4 atom stereocenters. The SMILES string of the molecule is C[C@H]1CCCCO[C@H](CN(C)Cc2ccncc2)[C@@H](C)CN([C@@H](C)CO)C(=O)c2cc(NC(=O)CCCN(C)C)ccc2O1. The molecule has 2 heterocycles. The number of carbonyl (C=O) groups excluding carboxylic acids is 2. The van der Waals surface area contributed by atoms with Gasteiger partial charge < -0.3 is 29.7 Å². The van der Waals surface area contributed by atoms with E-state index in [1.54, 1.807) is 35.5 Å². The van der Waals surface area contributed by atoms with Gasteiger partial charge in [0.25, 0.3) is 5.91 Å². The average Bonchev–Trinajstić information content (AvgIpc) is 2.98. The van der Waals surface area contributed by atoms with Gasteiger partial charge >= 0.3 is 0 Å². The van der Waals surface area contributed by atoms with Gasteiger partial charge in [-0.1, -0.05) is 6.92 Å². The molecule has 10 heteroatoms. The number of benzene rings is 1. The average molecular weight is 612 g/mol. The Morgan fingerprint density at radius 1 is 1.16 bits per heavy atom. The number of aliphatic hydroxyl groups excluding tert-OH is 1. The molecule has 2 aromatic rings. The Hall–Kier alpha value is -3.05. The van der Waals surface area contributed by atoms with E-state index < -0.39 is 6.04 Å². The van der Waals surface area contributed by atoms with E-state index in [2.05, 4.69) is 29.2 Å². The number of aliphatic hydroxyl groups is 1. The fourth-order valence-electron chi connectivity index (χ4n) is 5.41. The van der Waals surface area contributed by atoms with Gasteiger partial charge in [-0.2, -0.15) is 0 Å². The number of hydrogen-bond donors (Lipinski definition) is 2. The Kier molecular flexibility index (Phi) is 14.5. The summed E-state index contributed by atoms with van der Waals surface area (Å²) in [7, 11) is 6.04. The minimum absolute atomic E-state index is 0.0151. The van der Waals surface area contributed by atoms with Crippen molar-refractivity contribution in [2.45, 2.75) is 77.7 Å². The van der Waals surface area contributed by atoms with Crippen LogP contribution < -0.4 is 10.1 Å². The number of ether oxygens (including phenoxy) is 2. The highest BCUT2D eigenvalue weighted by Crippen LogP contribution is 2.28. The van der Waals surface area contributed by atoms with Gasteiger partial charge in [0.2, 0.25) is 5.91 Å². The van der Waals surface area contributed by atoms with Crippen molar-refractivity contribution in [2.75, 3.05) is 59.3 Å². The number of aromatic nitrogens is 1. The van der Waals surface area contributed by atoms with Crippen LogP contribution in [0.5, 0.6) is 5.75 Å². The molecule has 1 aliphatic heterocycles. The number of rotatable bonds is 11. The molecule has 0 radical (unpaired) electrons. The molecular weight excluding hydrogens is 558 g/mol. The molecule has 1 aromatic carbocycles. The zero-order chi connectivity index (χ0) is 32.1. The Morgan fingerprint density at radius 3 is 2.61 bits per heavy atom. The van der Waals surface area contributed by atoms with Crippen LogP contribution in [0.4, 0.5) is 5.69 Å². The smallest absolute Gasteiger partial charge is 0.258 e. The van der Waals surface area contributed by atoms with Crippen LogP contribution >= 0.6 is 0 Å². The summed E-state index contributed by atoms with van der Waals surface area (Å²) >= 11 is 0. The summed E-state index contributed by atoms with van der Waals surface area (Å²) in [6, 6.07) is 8.87. The molecule has 0 spiro atoms. The van der Waals surface area contributed by atoms with Crippen molar-refractivity contribution in [3.63, 3.8) is 0 Å². The molecule has 2 N–H and O–H groups in total. The molecule has 0 saturated heterocycles. The highest BCUT2D eigenvalue weighted by Gasteiger charge is 2.30. The zero-order valence-corrected chi connectivity index (χ0v) is 27.5. The summed E-state index contributed by atoms with van der Waals surface area (Å²) in [5, 5.41) is 13.1. The second-order valence-corrected chi connectivity index (χ2v) is 12.5. The monoisotopic (exact) mass is 611 g/mol. The van der Waals surface area contributed by atoms with Crippen molar-refractivity contribution < 1.29 is 24.2 Å². The van der Waals surface area contributed by atoms with E-state index in [1.165, 1.54) is 5.56 Å². The maximum absolute atomic E-state index is 14.3. The molecule has 0 bridgehead atoms. The van der Waals surface area contributed by atoms with Crippen LogP contribution in [-0.2, 0) is 16.1 Å². The first-order chi connectivity index (χ1) is 21.1. The molecule has 10 nitrogen and oxygen atoms in total. The van der Waals surface area contributed by atoms with Crippen LogP contribution in [0, 0.1) is 5.92 Å². The van der Waals surface area contributed by atoms with E-state index in [1.807, 2.05) is 45.0 Å². The van der Waals surface area contributed by atoms with Crippen molar-refractivity contribution in [2.24, 2.45) is 5.92 Å². The number of hydrogen-bond acceptors (Lipinski definition) is 8. The van der Waals surface area contributed by atoms with E-state index in [9.17, 15) is 14.7 Å². The van der Waals surface area contributed by atoms with Crippen molar-refractivity contribution >= 4 is 17.5 Å². The largest absolute Gasteiger partial charge is 0.490 e. The summed E-state index contributed by atoms with van der Waals surface area (Å²) in [6.45, 7) is 9.07. The minimum Gasteiger partial charge on any atom is -0.490 e. The summed E-state index contributed by atoms with van der Waals surface area (Å²) in [5.41, 5.74) is 2.10. The van der Waals surface area contributed by atoms with E-state index in [0.717, 1.165) is 38.8 Å². The number of nitrogens with one attached hydrogen (secondary N) is 1. The number of anilines is 1. The molecule has 244 valence electrons. The molecule has 0 aliphatic carbocycles. The van der Waals surface area contributed by atoms with E-state index in [-0.39, 0.29) is 36.5 Å². The minimum atomic E-state index is -0.428. The van der Waals surface area contributed by atoms with Crippen molar-refractivity contribution in [3.05, 3.63) is 53.9 Å². The van der Waals surface area contributed by atoms with Gasteiger partial charge in [0, 0.05) is 56.7 Å². The molecule has 2 amide bonds. The third-order valence-electron chi connectivity index (χ3n) is 8.04.